The second kappa shape index (κ2) is 4.31. The van der Waals surface area contributed by atoms with Crippen molar-refractivity contribution in [3.63, 3.8) is 0 Å². The molecule has 2 rings (SSSR count). The van der Waals surface area contributed by atoms with Crippen LogP contribution in [0.3, 0.4) is 0 Å². The molecule has 1 aliphatic carbocycles. The van der Waals surface area contributed by atoms with Crippen LogP contribution in [0.25, 0.3) is 0 Å². The molecule has 0 spiro atoms. The van der Waals surface area contributed by atoms with E-state index < -0.39 is 11.4 Å². The van der Waals surface area contributed by atoms with Crippen LogP contribution in [0, 0.1) is 5.92 Å². The highest BCUT2D eigenvalue weighted by Gasteiger charge is 2.62. The maximum atomic E-state index is 11.8. The number of benzene rings is 1. The lowest BCUT2D eigenvalue weighted by molar-refractivity contribution is -0.144. The average molecular weight is 273 g/mol. The Morgan fingerprint density at radius 2 is 2.18 bits per heavy atom. The van der Waals surface area contributed by atoms with Crippen molar-refractivity contribution in [1.29, 1.82) is 0 Å². The number of esters is 1. The lowest BCUT2D eigenvalue weighted by Gasteiger charge is -2.14. The molecule has 1 aromatic carbocycles. The van der Waals surface area contributed by atoms with E-state index in [4.69, 9.17) is 27.9 Å². The van der Waals surface area contributed by atoms with Gasteiger partial charge in [0.2, 0.25) is 0 Å². The largest absolute Gasteiger partial charge is 0.468 e. The van der Waals surface area contributed by atoms with Gasteiger partial charge in [-0.3, -0.25) is 4.79 Å². The number of halogens is 2. The number of carbonyl (C=O) groups excluding carboxylic acids is 2. The van der Waals surface area contributed by atoms with Gasteiger partial charge in [-0.15, -0.1) is 0 Å². The van der Waals surface area contributed by atoms with Gasteiger partial charge >= 0.3 is 5.97 Å². The summed E-state index contributed by atoms with van der Waals surface area (Å²) in [6.45, 7) is 0. The summed E-state index contributed by atoms with van der Waals surface area (Å²) in [6.07, 6.45) is 1.24. The average Bonchev–Trinajstić information content (AvgIpc) is 3.07. The molecule has 0 saturated heterocycles. The van der Waals surface area contributed by atoms with Crippen LogP contribution in [-0.2, 0) is 19.7 Å². The maximum Gasteiger partial charge on any atom is 0.317 e. The van der Waals surface area contributed by atoms with E-state index in [9.17, 15) is 9.59 Å². The molecule has 0 heterocycles. The van der Waals surface area contributed by atoms with Gasteiger partial charge in [-0.1, -0.05) is 29.3 Å². The summed E-state index contributed by atoms with van der Waals surface area (Å²) in [5, 5.41) is 0.780. The Kier molecular flexibility index (Phi) is 3.15. The minimum absolute atomic E-state index is 0.341. The fraction of sp³-hybridized carbons (Fsp3) is 0.333. The standard InChI is InChI=1S/C12H10Cl2O3/c1-17-11(16)12(5-8(12)6-15)7-2-3-9(13)10(14)4-7/h2-4,6,8H,5H2,1H3. The molecule has 17 heavy (non-hydrogen) atoms. The molecule has 90 valence electrons. The first kappa shape index (κ1) is 12.4. The number of aldehydes is 1. The third-order valence-electron chi connectivity index (χ3n) is 3.16. The van der Waals surface area contributed by atoms with Gasteiger partial charge in [0.25, 0.3) is 0 Å². The monoisotopic (exact) mass is 272 g/mol. The van der Waals surface area contributed by atoms with Crippen molar-refractivity contribution >= 4 is 35.5 Å². The van der Waals surface area contributed by atoms with Crippen LogP contribution in [-0.4, -0.2) is 19.4 Å². The first-order valence-electron chi connectivity index (χ1n) is 5.05. The number of rotatable bonds is 3. The fourth-order valence-electron chi connectivity index (χ4n) is 2.09. The second-order valence-corrected chi connectivity index (χ2v) is 4.85. The number of methoxy groups -OCH3 is 1. The van der Waals surface area contributed by atoms with Crippen LogP contribution >= 0.6 is 23.2 Å². The van der Waals surface area contributed by atoms with Gasteiger partial charge in [0, 0.05) is 5.92 Å². The highest BCUT2D eigenvalue weighted by atomic mass is 35.5. The van der Waals surface area contributed by atoms with Crippen molar-refractivity contribution in [2.75, 3.05) is 7.11 Å². The SMILES string of the molecule is COC(=O)C1(c2ccc(Cl)c(Cl)c2)CC1C=O. The molecule has 0 aliphatic heterocycles. The van der Waals surface area contributed by atoms with Gasteiger partial charge < -0.3 is 9.53 Å². The van der Waals surface area contributed by atoms with E-state index in [0.29, 0.717) is 22.0 Å². The van der Waals surface area contributed by atoms with Crippen LogP contribution in [0.15, 0.2) is 18.2 Å². The van der Waals surface area contributed by atoms with Crippen molar-refractivity contribution in [3.05, 3.63) is 33.8 Å². The summed E-state index contributed by atoms with van der Waals surface area (Å²) in [6, 6.07) is 4.93. The highest BCUT2D eigenvalue weighted by molar-refractivity contribution is 6.42. The smallest absolute Gasteiger partial charge is 0.317 e. The van der Waals surface area contributed by atoms with E-state index in [2.05, 4.69) is 0 Å². The molecule has 1 aliphatic rings. The van der Waals surface area contributed by atoms with Crippen LogP contribution in [0.2, 0.25) is 10.0 Å². The van der Waals surface area contributed by atoms with E-state index in [1.807, 2.05) is 0 Å². The first-order valence-corrected chi connectivity index (χ1v) is 5.81. The van der Waals surface area contributed by atoms with Crippen molar-refractivity contribution in [3.8, 4) is 0 Å². The number of hydrogen-bond donors (Lipinski definition) is 0. The molecular formula is C12H10Cl2O3. The Morgan fingerprint density at radius 3 is 2.65 bits per heavy atom. The molecule has 2 atom stereocenters. The van der Waals surface area contributed by atoms with E-state index >= 15 is 0 Å². The second-order valence-electron chi connectivity index (χ2n) is 4.04. The van der Waals surface area contributed by atoms with Crippen molar-refractivity contribution < 1.29 is 14.3 Å². The quantitative estimate of drug-likeness (QED) is 0.628. The molecule has 0 aromatic heterocycles. The lowest BCUT2D eigenvalue weighted by Crippen LogP contribution is -2.25. The molecule has 1 saturated carbocycles. The van der Waals surface area contributed by atoms with E-state index in [1.54, 1.807) is 18.2 Å². The molecule has 2 unspecified atom stereocenters. The maximum absolute atomic E-state index is 11.8. The number of ether oxygens (including phenoxy) is 1. The lowest BCUT2D eigenvalue weighted by atomic mass is 9.93. The van der Waals surface area contributed by atoms with Crippen LogP contribution in [0.1, 0.15) is 12.0 Å². The molecule has 0 radical (unpaired) electrons. The van der Waals surface area contributed by atoms with E-state index in [1.165, 1.54) is 7.11 Å². The molecule has 0 amide bonds. The predicted octanol–water partition coefficient (Wildman–Crippen LogP) is 2.62. The van der Waals surface area contributed by atoms with Crippen LogP contribution < -0.4 is 0 Å². The molecule has 5 heteroatoms. The van der Waals surface area contributed by atoms with Gasteiger partial charge in [-0.05, 0) is 24.1 Å². The minimum Gasteiger partial charge on any atom is -0.468 e. The zero-order valence-corrected chi connectivity index (χ0v) is 10.6. The summed E-state index contributed by atoms with van der Waals surface area (Å²) in [5.41, 5.74) is -0.194. The molecule has 1 fully saturated rings. The Bertz CT molecular complexity index is 487. The number of carbonyl (C=O) groups is 2. The van der Waals surface area contributed by atoms with Crippen molar-refractivity contribution in [2.24, 2.45) is 5.92 Å². The molecule has 1 aromatic rings. The highest BCUT2D eigenvalue weighted by Crippen LogP contribution is 2.54. The predicted molar refractivity (Wildman–Crippen MR) is 64.3 cm³/mol. The fourth-order valence-corrected chi connectivity index (χ4v) is 2.39. The molecule has 0 bridgehead atoms. The Labute approximate surface area is 109 Å². The summed E-state index contributed by atoms with van der Waals surface area (Å²) in [4.78, 5) is 22.7. The first-order chi connectivity index (χ1) is 8.06. The van der Waals surface area contributed by atoms with E-state index in [-0.39, 0.29) is 5.92 Å². The third kappa shape index (κ3) is 1.83. The summed E-state index contributed by atoms with van der Waals surface area (Å²) in [5.74, 6) is -0.750. The van der Waals surface area contributed by atoms with Gasteiger partial charge in [-0.25, -0.2) is 0 Å². The molecule has 0 N–H and O–H groups in total. The van der Waals surface area contributed by atoms with Crippen molar-refractivity contribution in [2.45, 2.75) is 11.8 Å². The zero-order chi connectivity index (χ0) is 12.6. The normalized spacial score (nSPS) is 26.4. The van der Waals surface area contributed by atoms with Crippen LogP contribution in [0.5, 0.6) is 0 Å². The van der Waals surface area contributed by atoms with Gasteiger partial charge in [0.15, 0.2) is 0 Å². The van der Waals surface area contributed by atoms with Crippen molar-refractivity contribution in [1.82, 2.24) is 0 Å². The molecule has 3 nitrogen and oxygen atoms in total. The Balaban J connectivity index is 2.45. The van der Waals surface area contributed by atoms with E-state index in [0.717, 1.165) is 6.29 Å². The Morgan fingerprint density at radius 1 is 1.47 bits per heavy atom. The third-order valence-corrected chi connectivity index (χ3v) is 3.90. The Hall–Kier alpha value is -1.06. The molecular weight excluding hydrogens is 263 g/mol. The van der Waals surface area contributed by atoms with Gasteiger partial charge in [-0.2, -0.15) is 0 Å². The van der Waals surface area contributed by atoms with Gasteiger partial charge in [0.05, 0.1) is 17.2 Å². The summed E-state index contributed by atoms with van der Waals surface area (Å²) < 4.78 is 4.76. The number of hydrogen-bond acceptors (Lipinski definition) is 3. The summed E-state index contributed by atoms with van der Waals surface area (Å²) >= 11 is 11.7. The van der Waals surface area contributed by atoms with Gasteiger partial charge in [0.1, 0.15) is 11.7 Å². The zero-order valence-electron chi connectivity index (χ0n) is 9.07. The minimum atomic E-state index is -0.870. The van der Waals surface area contributed by atoms with Crippen LogP contribution in [0.4, 0.5) is 0 Å². The summed E-state index contributed by atoms with van der Waals surface area (Å²) in [7, 11) is 1.31. The topological polar surface area (TPSA) is 43.4 Å².